The Hall–Kier alpha value is -2.30. The second kappa shape index (κ2) is 6.04. The van der Waals surface area contributed by atoms with Gasteiger partial charge in [-0.1, -0.05) is 18.2 Å². The van der Waals surface area contributed by atoms with Crippen molar-refractivity contribution in [1.29, 1.82) is 0 Å². The van der Waals surface area contributed by atoms with Crippen LogP contribution in [0.2, 0.25) is 0 Å². The third-order valence-corrected chi connectivity index (χ3v) is 2.48. The summed E-state index contributed by atoms with van der Waals surface area (Å²) < 4.78 is 12.0. The highest BCUT2D eigenvalue weighted by Crippen LogP contribution is 2.20. The molecule has 2 rings (SSSR count). The molecule has 0 bridgehead atoms. The van der Waals surface area contributed by atoms with Crippen molar-refractivity contribution in [1.82, 2.24) is 9.78 Å². The molecule has 5 heteroatoms. The Morgan fingerprint density at radius 1 is 1.21 bits per heavy atom. The fourth-order valence-electron chi connectivity index (χ4n) is 1.66. The van der Waals surface area contributed by atoms with Gasteiger partial charge in [0.1, 0.15) is 5.56 Å². The molecule has 0 spiro atoms. The minimum atomic E-state index is -0.423. The lowest BCUT2D eigenvalue weighted by atomic mass is 10.3. The van der Waals surface area contributed by atoms with E-state index in [0.29, 0.717) is 24.7 Å². The summed E-state index contributed by atoms with van der Waals surface area (Å²) in [6.07, 6.45) is 1.62. The smallest absolute Gasteiger partial charge is 0.345 e. The van der Waals surface area contributed by atoms with Crippen molar-refractivity contribution in [2.45, 2.75) is 13.8 Å². The van der Waals surface area contributed by atoms with Crippen LogP contribution in [0.3, 0.4) is 0 Å². The molecule has 5 nitrogen and oxygen atoms in total. The van der Waals surface area contributed by atoms with Gasteiger partial charge >= 0.3 is 5.97 Å². The molecule has 0 saturated heterocycles. The van der Waals surface area contributed by atoms with Crippen LogP contribution in [0.25, 0.3) is 5.69 Å². The minimum Gasteiger partial charge on any atom is -0.476 e. The Labute approximate surface area is 111 Å². The molecule has 1 heterocycles. The SMILES string of the molecule is CCOC(=O)c1cn(-c2ccccc2)nc1OCC. The molecule has 100 valence electrons. The van der Waals surface area contributed by atoms with Gasteiger partial charge in [-0.3, -0.25) is 0 Å². The summed E-state index contributed by atoms with van der Waals surface area (Å²) in [5.41, 5.74) is 1.20. The predicted octanol–water partition coefficient (Wildman–Crippen LogP) is 2.45. The first-order chi connectivity index (χ1) is 9.26. The molecule has 19 heavy (non-hydrogen) atoms. The summed E-state index contributed by atoms with van der Waals surface area (Å²) in [6.45, 7) is 4.37. The van der Waals surface area contributed by atoms with Crippen molar-refractivity contribution in [2.75, 3.05) is 13.2 Å². The van der Waals surface area contributed by atoms with Crippen LogP contribution in [0.5, 0.6) is 5.88 Å². The molecule has 0 amide bonds. The number of hydrogen-bond donors (Lipinski definition) is 0. The van der Waals surface area contributed by atoms with E-state index in [1.54, 1.807) is 17.8 Å². The number of rotatable bonds is 5. The molecule has 0 radical (unpaired) electrons. The average Bonchev–Trinajstić information content (AvgIpc) is 2.85. The fraction of sp³-hybridized carbons (Fsp3) is 0.286. The summed E-state index contributed by atoms with van der Waals surface area (Å²) >= 11 is 0. The lowest BCUT2D eigenvalue weighted by Crippen LogP contribution is -2.06. The molecule has 0 atom stereocenters. The van der Waals surface area contributed by atoms with Crippen LogP contribution in [0.15, 0.2) is 36.5 Å². The van der Waals surface area contributed by atoms with Gasteiger partial charge in [-0.2, -0.15) is 0 Å². The zero-order valence-electron chi connectivity index (χ0n) is 11.0. The van der Waals surface area contributed by atoms with Gasteiger partial charge in [0.05, 0.1) is 18.9 Å². The van der Waals surface area contributed by atoms with Gasteiger partial charge in [0.2, 0.25) is 5.88 Å². The minimum absolute atomic E-state index is 0.296. The van der Waals surface area contributed by atoms with E-state index in [2.05, 4.69) is 5.10 Å². The van der Waals surface area contributed by atoms with E-state index in [0.717, 1.165) is 5.69 Å². The topological polar surface area (TPSA) is 53.4 Å². The largest absolute Gasteiger partial charge is 0.476 e. The molecular weight excluding hydrogens is 244 g/mol. The van der Waals surface area contributed by atoms with Gasteiger partial charge in [-0.15, -0.1) is 5.10 Å². The number of hydrogen-bond acceptors (Lipinski definition) is 4. The van der Waals surface area contributed by atoms with E-state index >= 15 is 0 Å². The Morgan fingerprint density at radius 2 is 1.95 bits per heavy atom. The first kappa shape index (κ1) is 13.1. The summed E-state index contributed by atoms with van der Waals surface area (Å²) in [5, 5.41) is 4.27. The van der Waals surface area contributed by atoms with Crippen molar-refractivity contribution in [3.8, 4) is 11.6 Å². The quantitative estimate of drug-likeness (QED) is 0.775. The maximum atomic E-state index is 11.8. The Bertz CT molecular complexity index is 549. The van der Waals surface area contributed by atoms with Crippen molar-refractivity contribution in [2.24, 2.45) is 0 Å². The molecule has 0 unspecified atom stereocenters. The number of carbonyl (C=O) groups excluding carboxylic acids is 1. The van der Waals surface area contributed by atoms with Gasteiger partial charge in [-0.05, 0) is 26.0 Å². The molecule has 0 saturated carbocycles. The van der Waals surface area contributed by atoms with E-state index in [1.165, 1.54) is 0 Å². The second-order valence-corrected chi connectivity index (χ2v) is 3.78. The van der Waals surface area contributed by atoms with E-state index < -0.39 is 5.97 Å². The van der Waals surface area contributed by atoms with E-state index in [-0.39, 0.29) is 0 Å². The summed E-state index contributed by atoms with van der Waals surface area (Å²) in [7, 11) is 0. The van der Waals surface area contributed by atoms with Crippen LogP contribution < -0.4 is 4.74 Å². The molecule has 0 aliphatic heterocycles. The lowest BCUT2D eigenvalue weighted by molar-refractivity contribution is 0.0522. The Morgan fingerprint density at radius 3 is 2.58 bits per heavy atom. The van der Waals surface area contributed by atoms with Crippen molar-refractivity contribution in [3.05, 3.63) is 42.1 Å². The van der Waals surface area contributed by atoms with Crippen LogP contribution >= 0.6 is 0 Å². The third kappa shape index (κ3) is 2.93. The zero-order valence-corrected chi connectivity index (χ0v) is 11.0. The van der Waals surface area contributed by atoms with Gasteiger partial charge < -0.3 is 9.47 Å². The molecule has 0 fully saturated rings. The maximum Gasteiger partial charge on any atom is 0.345 e. The highest BCUT2D eigenvalue weighted by atomic mass is 16.5. The van der Waals surface area contributed by atoms with Gasteiger partial charge in [0.15, 0.2) is 0 Å². The van der Waals surface area contributed by atoms with Gasteiger partial charge in [0, 0.05) is 6.20 Å². The third-order valence-electron chi connectivity index (χ3n) is 2.48. The van der Waals surface area contributed by atoms with Crippen LogP contribution in [0, 0.1) is 0 Å². The summed E-state index contributed by atoms with van der Waals surface area (Å²) in [4.78, 5) is 11.8. The molecule has 2 aromatic rings. The number of nitrogens with zero attached hydrogens (tertiary/aromatic N) is 2. The standard InChI is InChI=1S/C14H16N2O3/c1-3-18-13-12(14(17)19-4-2)10-16(15-13)11-8-6-5-7-9-11/h5-10H,3-4H2,1-2H3. The lowest BCUT2D eigenvalue weighted by Gasteiger charge is -2.01. The number of carbonyl (C=O) groups is 1. The van der Waals surface area contributed by atoms with Crippen molar-refractivity contribution >= 4 is 5.97 Å². The van der Waals surface area contributed by atoms with Crippen molar-refractivity contribution in [3.63, 3.8) is 0 Å². The van der Waals surface area contributed by atoms with Crippen LogP contribution in [-0.4, -0.2) is 29.0 Å². The van der Waals surface area contributed by atoms with Crippen molar-refractivity contribution < 1.29 is 14.3 Å². The van der Waals surface area contributed by atoms with Crippen LogP contribution in [0.4, 0.5) is 0 Å². The zero-order chi connectivity index (χ0) is 13.7. The molecule has 0 aliphatic rings. The summed E-state index contributed by atoms with van der Waals surface area (Å²) in [6, 6.07) is 9.53. The first-order valence-electron chi connectivity index (χ1n) is 6.21. The Balaban J connectivity index is 2.37. The average molecular weight is 260 g/mol. The highest BCUT2D eigenvalue weighted by Gasteiger charge is 2.19. The summed E-state index contributed by atoms with van der Waals surface area (Å²) in [5.74, 6) is -0.127. The molecule has 0 aliphatic carbocycles. The van der Waals surface area contributed by atoms with Crippen LogP contribution in [-0.2, 0) is 4.74 Å². The van der Waals surface area contributed by atoms with E-state index in [9.17, 15) is 4.79 Å². The Kier molecular flexibility index (Phi) is 4.18. The predicted molar refractivity (Wildman–Crippen MR) is 70.7 cm³/mol. The molecule has 1 aromatic carbocycles. The monoisotopic (exact) mass is 260 g/mol. The number of aromatic nitrogens is 2. The maximum absolute atomic E-state index is 11.8. The van der Waals surface area contributed by atoms with Crippen LogP contribution in [0.1, 0.15) is 24.2 Å². The van der Waals surface area contributed by atoms with E-state index in [1.807, 2.05) is 37.3 Å². The first-order valence-corrected chi connectivity index (χ1v) is 6.21. The van der Waals surface area contributed by atoms with Gasteiger partial charge in [-0.25, -0.2) is 9.48 Å². The molecule has 0 N–H and O–H groups in total. The molecular formula is C14H16N2O3. The second-order valence-electron chi connectivity index (χ2n) is 3.78. The highest BCUT2D eigenvalue weighted by molar-refractivity contribution is 5.91. The molecule has 1 aromatic heterocycles. The van der Waals surface area contributed by atoms with E-state index in [4.69, 9.17) is 9.47 Å². The normalized spacial score (nSPS) is 10.2. The number of para-hydroxylation sites is 1. The fourth-order valence-corrected chi connectivity index (χ4v) is 1.66. The van der Waals surface area contributed by atoms with Gasteiger partial charge in [0.25, 0.3) is 0 Å². The number of esters is 1. The number of ether oxygens (including phenoxy) is 2. The number of benzene rings is 1.